The van der Waals surface area contributed by atoms with E-state index in [1.165, 1.54) is 12.1 Å². The Bertz CT molecular complexity index is 646. The highest BCUT2D eigenvalue weighted by Crippen LogP contribution is 2.18. The van der Waals surface area contributed by atoms with Crippen molar-refractivity contribution < 1.29 is 14.3 Å². The van der Waals surface area contributed by atoms with Crippen LogP contribution >= 0.6 is 0 Å². The Balaban J connectivity index is 1.65. The first-order valence-electron chi connectivity index (χ1n) is 7.42. The van der Waals surface area contributed by atoms with Gasteiger partial charge in [0.2, 0.25) is 0 Å². The Morgan fingerprint density at radius 3 is 2.55 bits per heavy atom. The van der Waals surface area contributed by atoms with E-state index in [-0.39, 0.29) is 23.9 Å². The third-order valence-electron chi connectivity index (χ3n) is 3.94. The van der Waals surface area contributed by atoms with Gasteiger partial charge in [-0.25, -0.2) is 9.07 Å². The number of carbonyl (C=O) groups is 1. The summed E-state index contributed by atoms with van der Waals surface area (Å²) in [6.45, 7) is 0. The molecular weight excluding hydrogens is 285 g/mol. The minimum atomic E-state index is -0.312. The van der Waals surface area contributed by atoms with Gasteiger partial charge in [0, 0.05) is 12.2 Å². The molecule has 116 valence electrons. The minimum absolute atomic E-state index is 0.0897. The summed E-state index contributed by atoms with van der Waals surface area (Å²) >= 11 is 0. The van der Waals surface area contributed by atoms with Crippen LogP contribution in [0.25, 0.3) is 5.69 Å². The highest BCUT2D eigenvalue weighted by Gasteiger charge is 2.22. The number of nitrogens with one attached hydrogen (secondary N) is 1. The molecule has 0 atom stereocenters. The number of amides is 1. The molecule has 0 aliphatic heterocycles. The summed E-state index contributed by atoms with van der Waals surface area (Å²) < 4.78 is 14.5. The molecule has 1 aromatic carbocycles. The number of rotatable bonds is 3. The van der Waals surface area contributed by atoms with Crippen LogP contribution in [-0.4, -0.2) is 32.9 Å². The number of nitrogens with zero attached hydrogens (tertiary/aromatic N) is 2. The summed E-state index contributed by atoms with van der Waals surface area (Å²) in [5, 5.41) is 16.6. The predicted octanol–water partition coefficient (Wildman–Crippen LogP) is 2.04. The summed E-state index contributed by atoms with van der Waals surface area (Å²) in [7, 11) is 0. The molecule has 6 heteroatoms. The Morgan fingerprint density at radius 1 is 1.18 bits per heavy atom. The van der Waals surface area contributed by atoms with Crippen molar-refractivity contribution in [1.82, 2.24) is 15.1 Å². The average Bonchev–Trinajstić information content (AvgIpc) is 3.00. The second-order valence-electron chi connectivity index (χ2n) is 5.60. The van der Waals surface area contributed by atoms with Gasteiger partial charge in [-0.15, -0.1) is 0 Å². The van der Waals surface area contributed by atoms with Gasteiger partial charge in [0.15, 0.2) is 5.69 Å². The Labute approximate surface area is 127 Å². The largest absolute Gasteiger partial charge is 0.393 e. The molecule has 5 nitrogen and oxygen atoms in total. The molecule has 1 aliphatic carbocycles. The van der Waals surface area contributed by atoms with Gasteiger partial charge >= 0.3 is 0 Å². The number of carbonyl (C=O) groups excluding carboxylic acids is 1. The summed E-state index contributed by atoms with van der Waals surface area (Å²) in [5.74, 6) is -0.532. The molecule has 0 bridgehead atoms. The topological polar surface area (TPSA) is 67.2 Å². The van der Waals surface area contributed by atoms with E-state index in [0.717, 1.165) is 25.7 Å². The monoisotopic (exact) mass is 303 g/mol. The van der Waals surface area contributed by atoms with Crippen LogP contribution < -0.4 is 5.32 Å². The lowest BCUT2D eigenvalue weighted by Crippen LogP contribution is -2.38. The van der Waals surface area contributed by atoms with E-state index in [1.807, 2.05) is 0 Å². The number of benzene rings is 1. The second-order valence-corrected chi connectivity index (χ2v) is 5.60. The zero-order valence-corrected chi connectivity index (χ0v) is 12.1. The summed E-state index contributed by atoms with van der Waals surface area (Å²) in [6, 6.07) is 7.63. The molecule has 2 N–H and O–H groups in total. The molecule has 0 unspecified atom stereocenters. The maximum Gasteiger partial charge on any atom is 0.272 e. The number of halogens is 1. The van der Waals surface area contributed by atoms with Gasteiger partial charge in [-0.2, -0.15) is 5.10 Å². The third kappa shape index (κ3) is 3.33. The lowest BCUT2D eigenvalue weighted by Gasteiger charge is -2.25. The van der Waals surface area contributed by atoms with E-state index >= 15 is 0 Å². The molecule has 1 heterocycles. The molecular formula is C16H18FN3O2. The van der Waals surface area contributed by atoms with E-state index < -0.39 is 0 Å². The number of hydrogen-bond acceptors (Lipinski definition) is 3. The normalized spacial score (nSPS) is 21.5. The second kappa shape index (κ2) is 6.27. The number of aliphatic hydroxyl groups excluding tert-OH is 1. The third-order valence-corrected chi connectivity index (χ3v) is 3.94. The highest BCUT2D eigenvalue weighted by molar-refractivity contribution is 5.92. The van der Waals surface area contributed by atoms with Crippen LogP contribution in [0.5, 0.6) is 0 Å². The van der Waals surface area contributed by atoms with E-state index in [9.17, 15) is 14.3 Å². The van der Waals surface area contributed by atoms with Gasteiger partial charge in [0.1, 0.15) is 5.82 Å². The molecule has 3 rings (SSSR count). The Morgan fingerprint density at radius 2 is 1.86 bits per heavy atom. The first-order chi connectivity index (χ1) is 10.6. The SMILES string of the molecule is O=C(NC1CCC(O)CC1)c1ccn(-c2ccc(F)cc2)n1. The van der Waals surface area contributed by atoms with Crippen LogP contribution in [0.1, 0.15) is 36.2 Å². The standard InChI is InChI=1S/C16H18FN3O2/c17-11-1-5-13(6-2-11)20-10-9-15(19-20)16(22)18-12-3-7-14(21)8-4-12/h1-2,5-6,9-10,12,14,21H,3-4,7-8H2,(H,18,22). The Kier molecular flexibility index (Phi) is 4.20. The van der Waals surface area contributed by atoms with Gasteiger partial charge in [-0.05, 0) is 56.0 Å². The summed E-state index contributed by atoms with van der Waals surface area (Å²) in [6.07, 6.45) is 4.43. The van der Waals surface area contributed by atoms with Crippen molar-refractivity contribution in [2.24, 2.45) is 0 Å². The smallest absolute Gasteiger partial charge is 0.272 e. The molecule has 1 aliphatic rings. The predicted molar refractivity (Wildman–Crippen MR) is 79.3 cm³/mol. The van der Waals surface area contributed by atoms with Gasteiger partial charge in [0.05, 0.1) is 11.8 Å². The fourth-order valence-electron chi connectivity index (χ4n) is 2.66. The number of aliphatic hydroxyl groups is 1. The fraction of sp³-hybridized carbons (Fsp3) is 0.375. The molecule has 22 heavy (non-hydrogen) atoms. The molecule has 0 spiro atoms. The quantitative estimate of drug-likeness (QED) is 0.912. The van der Waals surface area contributed by atoms with Crippen LogP contribution in [0.15, 0.2) is 36.5 Å². The molecule has 0 radical (unpaired) electrons. The molecule has 0 saturated heterocycles. The zero-order valence-electron chi connectivity index (χ0n) is 12.1. The van der Waals surface area contributed by atoms with Gasteiger partial charge in [0.25, 0.3) is 5.91 Å². The lowest BCUT2D eigenvalue weighted by molar-refractivity contribution is 0.0863. The number of aromatic nitrogens is 2. The van der Waals surface area contributed by atoms with E-state index in [1.54, 1.807) is 29.1 Å². The highest BCUT2D eigenvalue weighted by atomic mass is 19.1. The minimum Gasteiger partial charge on any atom is -0.393 e. The molecule has 1 fully saturated rings. The van der Waals surface area contributed by atoms with Crippen LogP contribution in [-0.2, 0) is 0 Å². The summed E-state index contributed by atoms with van der Waals surface area (Å²) in [5.41, 5.74) is 1.02. The number of hydrogen-bond donors (Lipinski definition) is 2. The average molecular weight is 303 g/mol. The fourth-order valence-corrected chi connectivity index (χ4v) is 2.66. The van der Waals surface area contributed by atoms with Gasteiger partial charge < -0.3 is 10.4 Å². The van der Waals surface area contributed by atoms with E-state index in [2.05, 4.69) is 10.4 Å². The van der Waals surface area contributed by atoms with Crippen LogP contribution in [0.4, 0.5) is 4.39 Å². The van der Waals surface area contributed by atoms with Crippen molar-refractivity contribution in [2.45, 2.75) is 37.8 Å². The van der Waals surface area contributed by atoms with Crippen LogP contribution in [0.2, 0.25) is 0 Å². The molecule has 2 aromatic rings. The maximum atomic E-state index is 12.9. The Hall–Kier alpha value is -2.21. The van der Waals surface area contributed by atoms with E-state index in [4.69, 9.17) is 0 Å². The zero-order chi connectivity index (χ0) is 15.5. The molecule has 1 saturated carbocycles. The lowest BCUT2D eigenvalue weighted by atomic mass is 9.93. The van der Waals surface area contributed by atoms with E-state index in [0.29, 0.717) is 11.4 Å². The molecule has 1 amide bonds. The van der Waals surface area contributed by atoms with Crippen molar-refractivity contribution in [3.05, 3.63) is 48.0 Å². The van der Waals surface area contributed by atoms with Crippen molar-refractivity contribution in [1.29, 1.82) is 0 Å². The van der Waals surface area contributed by atoms with Crippen molar-refractivity contribution in [2.75, 3.05) is 0 Å². The van der Waals surface area contributed by atoms with Crippen molar-refractivity contribution in [3.63, 3.8) is 0 Å². The maximum absolute atomic E-state index is 12.9. The van der Waals surface area contributed by atoms with Crippen LogP contribution in [0, 0.1) is 5.82 Å². The molecule has 1 aromatic heterocycles. The van der Waals surface area contributed by atoms with Crippen molar-refractivity contribution >= 4 is 5.91 Å². The first kappa shape index (κ1) is 14.7. The summed E-state index contributed by atoms with van der Waals surface area (Å²) in [4.78, 5) is 12.2. The van der Waals surface area contributed by atoms with Gasteiger partial charge in [-0.3, -0.25) is 4.79 Å². The van der Waals surface area contributed by atoms with Crippen LogP contribution in [0.3, 0.4) is 0 Å². The van der Waals surface area contributed by atoms with Gasteiger partial charge in [-0.1, -0.05) is 0 Å². The van der Waals surface area contributed by atoms with Crippen molar-refractivity contribution in [3.8, 4) is 5.69 Å². The first-order valence-corrected chi connectivity index (χ1v) is 7.42.